The first-order valence-electron chi connectivity index (χ1n) is 19.2. The zero-order valence-electron chi connectivity index (χ0n) is 30.8. The van der Waals surface area contributed by atoms with Crippen LogP contribution in [0.25, 0.3) is 0 Å². The van der Waals surface area contributed by atoms with Crippen molar-refractivity contribution in [2.24, 2.45) is 5.92 Å². The molecule has 2 saturated heterocycles. The molecule has 2 unspecified atom stereocenters. The number of hydrogen-bond donors (Lipinski definition) is 3. The summed E-state index contributed by atoms with van der Waals surface area (Å²) >= 11 is 6.27. The molecule has 1 aromatic heterocycles. The van der Waals surface area contributed by atoms with Crippen molar-refractivity contribution in [3.8, 4) is 6.07 Å². The number of aliphatic hydroxyl groups excluding tert-OH is 1. The minimum Gasteiger partial charge on any atom is -0.373 e. The van der Waals surface area contributed by atoms with Crippen molar-refractivity contribution >= 4 is 46.6 Å². The number of nitrogens with one attached hydrogen (secondary N) is 2. The van der Waals surface area contributed by atoms with Crippen LogP contribution in [-0.4, -0.2) is 88.3 Å². The lowest BCUT2D eigenvalue weighted by atomic mass is 9.90. The molecule has 286 valence electrons. The lowest BCUT2D eigenvalue weighted by molar-refractivity contribution is -0.136. The number of carbonyl (C=O) groups excluding carboxylic acids is 4. The van der Waals surface area contributed by atoms with E-state index < -0.39 is 30.0 Å². The Morgan fingerprint density at radius 2 is 1.65 bits per heavy atom. The molecular formula is C41H45ClN8O5. The number of piperidine rings is 2. The van der Waals surface area contributed by atoms with Gasteiger partial charge in [0.2, 0.25) is 11.8 Å². The lowest BCUT2D eigenvalue weighted by Gasteiger charge is -2.37. The Balaban J connectivity index is 0.783. The highest BCUT2D eigenvalue weighted by Gasteiger charge is 2.45. The van der Waals surface area contributed by atoms with Gasteiger partial charge in [0.1, 0.15) is 18.3 Å². The molecule has 8 rings (SSSR count). The van der Waals surface area contributed by atoms with E-state index in [1.807, 2.05) is 42.6 Å². The smallest absolute Gasteiger partial charge is 0.262 e. The molecule has 1 saturated carbocycles. The van der Waals surface area contributed by atoms with E-state index in [2.05, 4.69) is 43.4 Å². The van der Waals surface area contributed by atoms with Crippen LogP contribution in [0.1, 0.15) is 101 Å². The second kappa shape index (κ2) is 15.3. The standard InChI is InChI=1S/C41H45ClN8O5/c1-47(30-5-2-25(19-43)34(42)18-30)29-6-3-28(4-7-29)45-38(52)35-9-8-31(20-44-35)49-14-12-24(13-15-49)21-48-22-26-16-32-33(17-27(26)23-48)41(55)50(40(32)54)36-10-11-37(51)46-39(36)53/h2,5,8-9,16-18,20,24,28-29,36,38,45,52H,3-4,6-7,10-15,21-23H2,1H3,(H,46,51,53). The maximum Gasteiger partial charge on any atom is 0.262 e. The third-order valence-corrected chi connectivity index (χ3v) is 12.5. The van der Waals surface area contributed by atoms with Crippen molar-refractivity contribution < 1.29 is 24.3 Å². The predicted molar refractivity (Wildman–Crippen MR) is 205 cm³/mol. The molecule has 1 aliphatic carbocycles. The molecule has 5 aliphatic rings. The van der Waals surface area contributed by atoms with Gasteiger partial charge in [-0.1, -0.05) is 11.6 Å². The van der Waals surface area contributed by atoms with Crippen LogP contribution in [0.4, 0.5) is 11.4 Å². The Morgan fingerprint density at radius 1 is 0.964 bits per heavy atom. The van der Waals surface area contributed by atoms with Gasteiger partial charge in [0.25, 0.3) is 11.8 Å². The average Bonchev–Trinajstić information content (AvgIpc) is 3.69. The minimum absolute atomic E-state index is 0.0987. The molecular weight excluding hydrogens is 720 g/mol. The highest BCUT2D eigenvalue weighted by Crippen LogP contribution is 2.35. The Labute approximate surface area is 325 Å². The molecule has 0 spiro atoms. The molecule has 14 heteroatoms. The second-order valence-corrected chi connectivity index (χ2v) is 16.0. The number of imide groups is 2. The van der Waals surface area contributed by atoms with Crippen molar-refractivity contribution in [2.45, 2.75) is 88.8 Å². The van der Waals surface area contributed by atoms with E-state index in [1.165, 1.54) is 0 Å². The van der Waals surface area contributed by atoms with Crippen molar-refractivity contribution in [3.05, 3.63) is 87.2 Å². The van der Waals surface area contributed by atoms with Crippen LogP contribution < -0.4 is 20.4 Å². The first-order chi connectivity index (χ1) is 26.6. The molecule has 2 aromatic carbocycles. The normalized spacial score (nSPS) is 23.7. The molecule has 2 atom stereocenters. The number of aromatic nitrogens is 1. The monoisotopic (exact) mass is 764 g/mol. The Kier molecular flexibility index (Phi) is 10.3. The average molecular weight is 765 g/mol. The van der Waals surface area contributed by atoms with Crippen LogP contribution >= 0.6 is 11.6 Å². The lowest BCUT2D eigenvalue weighted by Crippen LogP contribution is -2.54. The largest absolute Gasteiger partial charge is 0.373 e. The number of nitrogens with zero attached hydrogens (tertiary/aromatic N) is 6. The van der Waals surface area contributed by atoms with Gasteiger partial charge < -0.3 is 14.9 Å². The zero-order valence-corrected chi connectivity index (χ0v) is 31.6. The molecule has 0 radical (unpaired) electrons. The highest BCUT2D eigenvalue weighted by molar-refractivity contribution is 6.32. The van der Waals surface area contributed by atoms with Gasteiger partial charge in [-0.3, -0.25) is 44.6 Å². The molecule has 4 aliphatic heterocycles. The summed E-state index contributed by atoms with van der Waals surface area (Å²) in [4.78, 5) is 63.2. The first kappa shape index (κ1) is 37.1. The number of hydrogen-bond acceptors (Lipinski definition) is 11. The maximum atomic E-state index is 13.3. The van der Waals surface area contributed by atoms with Gasteiger partial charge in [0.15, 0.2) is 0 Å². The Bertz CT molecular complexity index is 2010. The summed E-state index contributed by atoms with van der Waals surface area (Å²) in [5.41, 5.74) is 5.88. The van der Waals surface area contributed by atoms with Crippen LogP contribution in [-0.2, 0) is 22.7 Å². The van der Waals surface area contributed by atoms with Crippen LogP contribution in [0, 0.1) is 17.2 Å². The number of nitriles is 1. The van der Waals surface area contributed by atoms with Crippen LogP contribution in [0.15, 0.2) is 48.7 Å². The molecule has 3 N–H and O–H groups in total. The van der Waals surface area contributed by atoms with Crippen LogP contribution in [0.3, 0.4) is 0 Å². The first-order valence-corrected chi connectivity index (χ1v) is 19.6. The fourth-order valence-electron chi connectivity index (χ4n) is 9.02. The molecule has 5 heterocycles. The van der Waals surface area contributed by atoms with E-state index in [9.17, 15) is 29.5 Å². The minimum atomic E-state index is -0.960. The zero-order chi connectivity index (χ0) is 38.4. The fraction of sp³-hybridized carbons (Fsp3) is 0.463. The van der Waals surface area contributed by atoms with E-state index in [-0.39, 0.29) is 24.8 Å². The summed E-state index contributed by atoms with van der Waals surface area (Å²) in [5.74, 6) is -1.40. The topological polar surface area (TPSA) is 162 Å². The van der Waals surface area contributed by atoms with Crippen molar-refractivity contribution in [1.29, 1.82) is 5.26 Å². The SMILES string of the molecule is CN(c1ccc(C#N)c(Cl)c1)C1CCC(NC(O)c2ccc(N3CCC(CN4Cc5cc6c(cc5C4)C(=O)N(C4CCC(=O)NC4=O)C6=O)CC3)cn2)CC1. The van der Waals surface area contributed by atoms with Gasteiger partial charge in [-0.05, 0) is 104 Å². The van der Waals surface area contributed by atoms with Crippen LogP contribution in [0.5, 0.6) is 0 Å². The summed E-state index contributed by atoms with van der Waals surface area (Å²) in [5, 5.41) is 26.3. The van der Waals surface area contributed by atoms with Crippen molar-refractivity contribution in [2.75, 3.05) is 36.5 Å². The highest BCUT2D eigenvalue weighted by atomic mass is 35.5. The fourth-order valence-corrected chi connectivity index (χ4v) is 9.23. The number of rotatable bonds is 9. The van der Waals surface area contributed by atoms with Crippen LogP contribution in [0.2, 0.25) is 5.02 Å². The molecule has 0 bridgehead atoms. The molecule has 13 nitrogen and oxygen atoms in total. The van der Waals surface area contributed by atoms with Gasteiger partial charge in [0, 0.05) is 64.0 Å². The summed E-state index contributed by atoms with van der Waals surface area (Å²) in [6.07, 6.45) is 7.13. The van der Waals surface area contributed by atoms with Gasteiger partial charge in [-0.25, -0.2) is 0 Å². The van der Waals surface area contributed by atoms with Crippen molar-refractivity contribution in [3.63, 3.8) is 0 Å². The number of anilines is 2. The number of fused-ring (bicyclic) bond motifs is 2. The van der Waals surface area contributed by atoms with Gasteiger partial charge in [0.05, 0.1) is 39.3 Å². The van der Waals surface area contributed by atoms with Gasteiger partial charge in [-0.2, -0.15) is 5.26 Å². The van der Waals surface area contributed by atoms with E-state index in [1.54, 1.807) is 6.07 Å². The number of halogens is 1. The number of pyridine rings is 1. The Morgan fingerprint density at radius 3 is 2.25 bits per heavy atom. The Hall–Kier alpha value is -4.87. The van der Waals surface area contributed by atoms with Gasteiger partial charge in [-0.15, -0.1) is 0 Å². The molecule has 4 amide bonds. The summed E-state index contributed by atoms with van der Waals surface area (Å²) in [7, 11) is 2.06. The summed E-state index contributed by atoms with van der Waals surface area (Å²) in [6.45, 7) is 4.16. The second-order valence-electron chi connectivity index (χ2n) is 15.6. The van der Waals surface area contributed by atoms with E-state index in [0.29, 0.717) is 52.5 Å². The van der Waals surface area contributed by atoms with E-state index in [0.717, 1.165) is 85.6 Å². The number of aliphatic hydroxyl groups is 1. The van der Waals surface area contributed by atoms with E-state index >= 15 is 0 Å². The maximum absolute atomic E-state index is 13.3. The number of amides is 4. The number of benzene rings is 2. The molecule has 3 fully saturated rings. The van der Waals surface area contributed by atoms with Gasteiger partial charge >= 0.3 is 0 Å². The van der Waals surface area contributed by atoms with E-state index in [4.69, 9.17) is 11.6 Å². The quantitative estimate of drug-likeness (QED) is 0.211. The summed E-state index contributed by atoms with van der Waals surface area (Å²) < 4.78 is 0. The van der Waals surface area contributed by atoms with Crippen molar-refractivity contribution in [1.82, 2.24) is 25.4 Å². The summed E-state index contributed by atoms with van der Waals surface area (Å²) in [6, 6.07) is 14.8. The predicted octanol–water partition coefficient (Wildman–Crippen LogP) is 4.27. The molecule has 55 heavy (non-hydrogen) atoms. The third-order valence-electron chi connectivity index (χ3n) is 12.2. The number of carbonyl (C=O) groups is 4. The third kappa shape index (κ3) is 7.44. The molecule has 3 aromatic rings.